The maximum Gasteiger partial charge on any atom is 0.223 e. The maximum absolute atomic E-state index is 12.4. The zero-order chi connectivity index (χ0) is 17.6. The number of ether oxygens (including phenoxy) is 2. The van der Waals surface area contributed by atoms with Gasteiger partial charge in [-0.15, -0.1) is 0 Å². The van der Waals surface area contributed by atoms with Gasteiger partial charge in [-0.05, 0) is 56.5 Å². The Kier molecular flexibility index (Phi) is 6.19. The van der Waals surface area contributed by atoms with E-state index in [0.717, 1.165) is 56.8 Å². The molecular weight excluding hydrogens is 316 g/mol. The van der Waals surface area contributed by atoms with Crippen LogP contribution in [0, 0.1) is 5.92 Å². The molecule has 1 N–H and O–H groups in total. The van der Waals surface area contributed by atoms with Crippen molar-refractivity contribution in [3.63, 3.8) is 0 Å². The number of benzene rings is 1. The third-order valence-corrected chi connectivity index (χ3v) is 5.51. The van der Waals surface area contributed by atoms with Gasteiger partial charge in [-0.3, -0.25) is 9.69 Å². The number of methoxy groups -OCH3 is 2. The van der Waals surface area contributed by atoms with Gasteiger partial charge in [-0.25, -0.2) is 0 Å². The maximum atomic E-state index is 12.4. The molecule has 25 heavy (non-hydrogen) atoms. The summed E-state index contributed by atoms with van der Waals surface area (Å²) in [6, 6.07) is 6.51. The summed E-state index contributed by atoms with van der Waals surface area (Å²) >= 11 is 0. The third-order valence-electron chi connectivity index (χ3n) is 5.51. The van der Waals surface area contributed by atoms with E-state index in [1.54, 1.807) is 14.2 Å². The molecule has 0 spiro atoms. The standard InChI is InChI=1S/C20H30N2O3/c1-24-18-8-7-15(13-19(18)25-2)14-22-11-9-16(10-12-22)20(23)21-17-5-3-4-6-17/h7-8,13,16-17H,3-6,9-12,14H2,1-2H3,(H,21,23). The molecule has 1 heterocycles. The predicted octanol–water partition coefficient (Wildman–Crippen LogP) is 2.97. The Balaban J connectivity index is 1.48. The van der Waals surface area contributed by atoms with Crippen molar-refractivity contribution >= 4 is 5.91 Å². The molecule has 0 bridgehead atoms. The van der Waals surface area contributed by atoms with E-state index in [4.69, 9.17) is 9.47 Å². The second kappa shape index (κ2) is 8.56. The van der Waals surface area contributed by atoms with E-state index in [1.807, 2.05) is 12.1 Å². The first-order chi connectivity index (χ1) is 12.2. The highest BCUT2D eigenvalue weighted by molar-refractivity contribution is 5.79. The summed E-state index contributed by atoms with van der Waals surface area (Å²) in [5.41, 5.74) is 1.21. The smallest absolute Gasteiger partial charge is 0.223 e. The second-order valence-corrected chi connectivity index (χ2v) is 7.23. The Morgan fingerprint density at radius 3 is 2.40 bits per heavy atom. The van der Waals surface area contributed by atoms with Crippen molar-refractivity contribution in [1.82, 2.24) is 10.2 Å². The molecule has 5 heteroatoms. The molecule has 1 saturated heterocycles. The number of carbonyl (C=O) groups is 1. The summed E-state index contributed by atoms with van der Waals surface area (Å²) in [6.07, 6.45) is 6.73. The van der Waals surface area contributed by atoms with Crippen LogP contribution in [0.2, 0.25) is 0 Å². The largest absolute Gasteiger partial charge is 0.493 e. The van der Waals surface area contributed by atoms with Crippen molar-refractivity contribution in [1.29, 1.82) is 0 Å². The quantitative estimate of drug-likeness (QED) is 0.860. The topological polar surface area (TPSA) is 50.8 Å². The normalized spacial score (nSPS) is 19.8. The zero-order valence-corrected chi connectivity index (χ0v) is 15.4. The summed E-state index contributed by atoms with van der Waals surface area (Å²) in [7, 11) is 3.31. The highest BCUT2D eigenvalue weighted by atomic mass is 16.5. The van der Waals surface area contributed by atoms with Crippen LogP contribution < -0.4 is 14.8 Å². The van der Waals surface area contributed by atoms with Gasteiger partial charge < -0.3 is 14.8 Å². The fraction of sp³-hybridized carbons (Fsp3) is 0.650. The Morgan fingerprint density at radius 2 is 1.76 bits per heavy atom. The minimum Gasteiger partial charge on any atom is -0.493 e. The predicted molar refractivity (Wildman–Crippen MR) is 97.9 cm³/mol. The number of nitrogens with one attached hydrogen (secondary N) is 1. The fourth-order valence-electron chi connectivity index (χ4n) is 3.98. The third kappa shape index (κ3) is 4.66. The summed E-state index contributed by atoms with van der Waals surface area (Å²) in [6.45, 7) is 2.82. The summed E-state index contributed by atoms with van der Waals surface area (Å²) < 4.78 is 10.7. The van der Waals surface area contributed by atoms with Crippen molar-refractivity contribution in [2.45, 2.75) is 51.1 Å². The molecule has 2 aliphatic rings. The van der Waals surface area contributed by atoms with Gasteiger partial charge in [0, 0.05) is 18.5 Å². The van der Waals surface area contributed by atoms with E-state index < -0.39 is 0 Å². The molecule has 0 aromatic heterocycles. The summed E-state index contributed by atoms with van der Waals surface area (Å²) in [4.78, 5) is 14.8. The van der Waals surface area contributed by atoms with Gasteiger partial charge in [0.15, 0.2) is 11.5 Å². The van der Waals surface area contributed by atoms with E-state index in [-0.39, 0.29) is 11.8 Å². The molecule has 1 aliphatic heterocycles. The number of piperidine rings is 1. The molecule has 1 saturated carbocycles. The summed E-state index contributed by atoms with van der Waals surface area (Å²) in [5, 5.41) is 3.25. The van der Waals surface area contributed by atoms with E-state index in [1.165, 1.54) is 18.4 Å². The van der Waals surface area contributed by atoms with Crippen LogP contribution in [-0.4, -0.2) is 44.2 Å². The van der Waals surface area contributed by atoms with Crippen LogP contribution in [0.3, 0.4) is 0 Å². The molecule has 0 radical (unpaired) electrons. The van der Waals surface area contributed by atoms with Gasteiger partial charge in [-0.2, -0.15) is 0 Å². The van der Waals surface area contributed by atoms with Crippen LogP contribution in [0.4, 0.5) is 0 Å². The van der Waals surface area contributed by atoms with E-state index >= 15 is 0 Å². The molecule has 0 atom stereocenters. The SMILES string of the molecule is COc1ccc(CN2CCC(C(=O)NC3CCCC3)CC2)cc1OC. The van der Waals surface area contributed by atoms with Crippen molar-refractivity contribution in [2.75, 3.05) is 27.3 Å². The molecule has 1 amide bonds. The molecule has 0 unspecified atom stereocenters. The van der Waals surface area contributed by atoms with Crippen LogP contribution in [-0.2, 0) is 11.3 Å². The Morgan fingerprint density at radius 1 is 1.08 bits per heavy atom. The molecule has 1 aromatic rings. The van der Waals surface area contributed by atoms with Crippen LogP contribution in [0.5, 0.6) is 11.5 Å². The number of carbonyl (C=O) groups excluding carboxylic acids is 1. The zero-order valence-electron chi connectivity index (χ0n) is 15.4. The van der Waals surface area contributed by atoms with Crippen molar-refractivity contribution in [3.8, 4) is 11.5 Å². The van der Waals surface area contributed by atoms with E-state index in [2.05, 4.69) is 16.3 Å². The number of hydrogen-bond donors (Lipinski definition) is 1. The van der Waals surface area contributed by atoms with E-state index in [9.17, 15) is 4.79 Å². The fourth-order valence-corrected chi connectivity index (χ4v) is 3.98. The average molecular weight is 346 g/mol. The number of amides is 1. The average Bonchev–Trinajstić information content (AvgIpc) is 3.15. The molecule has 5 nitrogen and oxygen atoms in total. The van der Waals surface area contributed by atoms with Crippen LogP contribution in [0.15, 0.2) is 18.2 Å². The first kappa shape index (κ1) is 18.1. The number of hydrogen-bond acceptors (Lipinski definition) is 4. The molecule has 1 aliphatic carbocycles. The Hall–Kier alpha value is -1.75. The van der Waals surface area contributed by atoms with Gasteiger partial charge >= 0.3 is 0 Å². The number of rotatable bonds is 6. The first-order valence-electron chi connectivity index (χ1n) is 9.43. The minimum absolute atomic E-state index is 0.183. The molecular formula is C20H30N2O3. The number of nitrogens with zero attached hydrogens (tertiary/aromatic N) is 1. The van der Waals surface area contributed by atoms with Crippen LogP contribution in [0.25, 0.3) is 0 Å². The molecule has 1 aromatic carbocycles. The highest BCUT2D eigenvalue weighted by Gasteiger charge is 2.27. The van der Waals surface area contributed by atoms with Gasteiger partial charge in [-0.1, -0.05) is 18.9 Å². The van der Waals surface area contributed by atoms with Crippen LogP contribution >= 0.6 is 0 Å². The lowest BCUT2D eigenvalue weighted by atomic mass is 9.95. The lowest BCUT2D eigenvalue weighted by Gasteiger charge is -2.32. The van der Waals surface area contributed by atoms with Gasteiger partial charge in [0.05, 0.1) is 14.2 Å². The lowest BCUT2D eigenvalue weighted by Crippen LogP contribution is -2.42. The minimum atomic E-state index is 0.183. The first-order valence-corrected chi connectivity index (χ1v) is 9.43. The Bertz CT molecular complexity index is 576. The molecule has 138 valence electrons. The van der Waals surface area contributed by atoms with E-state index in [0.29, 0.717) is 6.04 Å². The van der Waals surface area contributed by atoms with Crippen molar-refractivity contribution < 1.29 is 14.3 Å². The van der Waals surface area contributed by atoms with Gasteiger partial charge in [0.2, 0.25) is 5.91 Å². The number of likely N-dealkylation sites (tertiary alicyclic amines) is 1. The van der Waals surface area contributed by atoms with Crippen LogP contribution in [0.1, 0.15) is 44.1 Å². The molecule has 2 fully saturated rings. The Labute approximate surface area is 150 Å². The van der Waals surface area contributed by atoms with Gasteiger partial charge in [0.25, 0.3) is 0 Å². The van der Waals surface area contributed by atoms with Crippen molar-refractivity contribution in [2.24, 2.45) is 5.92 Å². The van der Waals surface area contributed by atoms with Crippen molar-refractivity contribution in [3.05, 3.63) is 23.8 Å². The monoisotopic (exact) mass is 346 g/mol. The summed E-state index contributed by atoms with van der Waals surface area (Å²) in [5.74, 6) is 1.99. The second-order valence-electron chi connectivity index (χ2n) is 7.23. The highest BCUT2D eigenvalue weighted by Crippen LogP contribution is 2.29. The van der Waals surface area contributed by atoms with Gasteiger partial charge in [0.1, 0.15) is 0 Å². The lowest BCUT2D eigenvalue weighted by molar-refractivity contribution is -0.127. The molecule has 3 rings (SSSR count).